The second-order valence-electron chi connectivity index (χ2n) is 6.19. The summed E-state index contributed by atoms with van der Waals surface area (Å²) in [7, 11) is 1.54. The van der Waals surface area contributed by atoms with Crippen molar-refractivity contribution < 1.29 is 24.0 Å². The Kier molecular flexibility index (Phi) is 4.69. The molecule has 3 amide bonds. The molecule has 0 radical (unpaired) electrons. The first-order valence-corrected chi connectivity index (χ1v) is 9.47. The Morgan fingerprint density at radius 1 is 0.897 bits per heavy atom. The van der Waals surface area contributed by atoms with Crippen LogP contribution < -0.4 is 4.90 Å². The number of rotatable bonds is 4. The number of imide groups is 1. The van der Waals surface area contributed by atoms with Gasteiger partial charge in [0, 0.05) is 7.05 Å². The van der Waals surface area contributed by atoms with E-state index in [1.54, 1.807) is 47.8 Å². The number of fused-ring (bicyclic) bond motifs is 1. The number of hydrogen-bond donors (Lipinski definition) is 0. The lowest BCUT2D eigenvalue weighted by molar-refractivity contribution is -0.0584. The average Bonchev–Trinajstić information content (AvgIpc) is 3.37. The van der Waals surface area contributed by atoms with E-state index in [1.165, 1.54) is 41.5 Å². The van der Waals surface area contributed by atoms with Crippen LogP contribution in [0.2, 0.25) is 0 Å². The van der Waals surface area contributed by atoms with Gasteiger partial charge in [-0.25, -0.2) is 4.79 Å². The number of carbonyl (C=O) groups is 4. The molecule has 2 heterocycles. The van der Waals surface area contributed by atoms with E-state index in [4.69, 9.17) is 4.84 Å². The Bertz CT molecular complexity index is 1100. The predicted octanol–water partition coefficient (Wildman–Crippen LogP) is 3.39. The maximum absolute atomic E-state index is 12.8. The molecule has 1 aromatic heterocycles. The van der Waals surface area contributed by atoms with Crippen molar-refractivity contribution in [1.29, 1.82) is 0 Å². The molecule has 1 aliphatic heterocycles. The predicted molar refractivity (Wildman–Crippen MR) is 106 cm³/mol. The SMILES string of the molecule is CN(C(=O)c1cccs1)c1ccccc1C(=O)ON1C(=O)c2ccccc2C1=O. The summed E-state index contributed by atoms with van der Waals surface area (Å²) in [5.41, 5.74) is 0.691. The van der Waals surface area contributed by atoms with Crippen LogP contribution in [0.1, 0.15) is 40.7 Å². The molecule has 1 aliphatic rings. The zero-order chi connectivity index (χ0) is 20.5. The Hall–Kier alpha value is -3.78. The monoisotopic (exact) mass is 406 g/mol. The van der Waals surface area contributed by atoms with Crippen molar-refractivity contribution in [1.82, 2.24) is 5.06 Å². The number of thiophene rings is 1. The summed E-state index contributed by atoms with van der Waals surface area (Å²) in [4.78, 5) is 57.2. The minimum absolute atomic E-state index is 0.0523. The van der Waals surface area contributed by atoms with Crippen molar-refractivity contribution in [3.63, 3.8) is 0 Å². The van der Waals surface area contributed by atoms with Gasteiger partial charge in [-0.05, 0) is 35.7 Å². The minimum Gasteiger partial charge on any atom is -0.324 e. The van der Waals surface area contributed by atoms with E-state index < -0.39 is 17.8 Å². The fraction of sp³-hybridized carbons (Fsp3) is 0.0476. The number of hydroxylamine groups is 2. The molecule has 0 spiro atoms. The first-order valence-electron chi connectivity index (χ1n) is 8.59. The summed E-state index contributed by atoms with van der Waals surface area (Å²) in [6, 6.07) is 16.0. The lowest BCUT2D eigenvalue weighted by Crippen LogP contribution is -2.34. The zero-order valence-corrected chi connectivity index (χ0v) is 16.0. The highest BCUT2D eigenvalue weighted by Gasteiger charge is 2.39. The summed E-state index contributed by atoms with van der Waals surface area (Å²) in [5.74, 6) is -2.62. The third kappa shape index (κ3) is 3.19. The number of carbonyl (C=O) groups excluding carboxylic acids is 4. The Morgan fingerprint density at radius 3 is 2.14 bits per heavy atom. The van der Waals surface area contributed by atoms with E-state index in [1.807, 2.05) is 0 Å². The van der Waals surface area contributed by atoms with Crippen LogP contribution in [0.15, 0.2) is 66.0 Å². The van der Waals surface area contributed by atoms with Gasteiger partial charge in [0.25, 0.3) is 17.7 Å². The molecule has 2 aromatic carbocycles. The summed E-state index contributed by atoms with van der Waals surface area (Å²) in [6.45, 7) is 0. The summed E-state index contributed by atoms with van der Waals surface area (Å²) in [5, 5.41) is 2.23. The van der Waals surface area contributed by atoms with Crippen LogP contribution >= 0.6 is 11.3 Å². The van der Waals surface area contributed by atoms with Crippen molar-refractivity contribution in [3.05, 3.63) is 87.6 Å². The molecule has 7 nitrogen and oxygen atoms in total. The van der Waals surface area contributed by atoms with Gasteiger partial charge in [-0.2, -0.15) is 0 Å². The summed E-state index contributed by atoms with van der Waals surface area (Å²) in [6.07, 6.45) is 0. The fourth-order valence-corrected chi connectivity index (χ4v) is 3.69. The van der Waals surface area contributed by atoms with Gasteiger partial charge in [0.05, 0.1) is 27.3 Å². The standard InChI is InChI=1S/C21H14N2O5S/c1-22(20(26)17-11-6-12-29-17)16-10-5-4-9-15(16)21(27)28-23-18(24)13-7-2-3-8-14(13)19(23)25/h2-12H,1H3. The maximum atomic E-state index is 12.8. The molecule has 0 atom stereocenters. The topological polar surface area (TPSA) is 84.0 Å². The van der Waals surface area contributed by atoms with Crippen LogP contribution in [0.5, 0.6) is 0 Å². The third-order valence-corrected chi connectivity index (χ3v) is 5.31. The second kappa shape index (κ2) is 7.33. The van der Waals surface area contributed by atoms with Gasteiger partial charge in [0.15, 0.2) is 0 Å². The first-order chi connectivity index (χ1) is 14.0. The molecule has 0 saturated carbocycles. The number of hydrogen-bond acceptors (Lipinski definition) is 6. The number of benzene rings is 2. The molecule has 0 N–H and O–H groups in total. The highest BCUT2D eigenvalue weighted by Crippen LogP contribution is 2.26. The molecule has 3 aromatic rings. The van der Waals surface area contributed by atoms with Gasteiger partial charge in [-0.1, -0.05) is 35.4 Å². The van der Waals surface area contributed by atoms with Crippen molar-refractivity contribution in [2.24, 2.45) is 0 Å². The summed E-state index contributed by atoms with van der Waals surface area (Å²) >= 11 is 1.28. The Balaban J connectivity index is 1.60. The van der Waals surface area contributed by atoms with E-state index in [0.717, 1.165) is 0 Å². The van der Waals surface area contributed by atoms with E-state index in [0.29, 0.717) is 15.6 Å². The molecular weight excluding hydrogens is 392 g/mol. The third-order valence-electron chi connectivity index (χ3n) is 4.45. The van der Waals surface area contributed by atoms with Crippen molar-refractivity contribution in [2.45, 2.75) is 0 Å². The van der Waals surface area contributed by atoms with Gasteiger partial charge in [-0.15, -0.1) is 11.3 Å². The average molecular weight is 406 g/mol. The van der Waals surface area contributed by atoms with E-state index in [2.05, 4.69) is 0 Å². The molecule has 0 fully saturated rings. The molecule has 144 valence electrons. The molecule has 8 heteroatoms. The molecule has 0 saturated heterocycles. The molecule has 0 unspecified atom stereocenters. The lowest BCUT2D eigenvalue weighted by Gasteiger charge is -2.20. The number of para-hydroxylation sites is 1. The van der Waals surface area contributed by atoms with E-state index in [-0.39, 0.29) is 22.6 Å². The minimum atomic E-state index is -0.916. The van der Waals surface area contributed by atoms with E-state index >= 15 is 0 Å². The largest absolute Gasteiger partial charge is 0.366 e. The number of nitrogens with zero attached hydrogens (tertiary/aromatic N) is 2. The highest BCUT2D eigenvalue weighted by molar-refractivity contribution is 7.12. The first kappa shape index (κ1) is 18.6. The van der Waals surface area contributed by atoms with Crippen LogP contribution in [0.25, 0.3) is 0 Å². The lowest BCUT2D eigenvalue weighted by atomic mass is 10.1. The normalized spacial score (nSPS) is 12.7. The number of anilines is 1. The van der Waals surface area contributed by atoms with Gasteiger partial charge >= 0.3 is 5.97 Å². The van der Waals surface area contributed by atoms with Gasteiger partial charge in [-0.3, -0.25) is 14.4 Å². The smallest absolute Gasteiger partial charge is 0.324 e. The molecule has 4 rings (SSSR count). The molecule has 0 bridgehead atoms. The van der Waals surface area contributed by atoms with Gasteiger partial charge in [0.1, 0.15) is 0 Å². The van der Waals surface area contributed by atoms with Gasteiger partial charge in [0.2, 0.25) is 0 Å². The molecular formula is C21H14N2O5S. The number of amides is 3. The molecule has 0 aliphatic carbocycles. The van der Waals surface area contributed by atoms with Crippen LogP contribution in [-0.2, 0) is 4.84 Å². The summed E-state index contributed by atoms with van der Waals surface area (Å²) < 4.78 is 0. The Morgan fingerprint density at radius 2 is 1.52 bits per heavy atom. The van der Waals surface area contributed by atoms with Crippen LogP contribution in [0.3, 0.4) is 0 Å². The van der Waals surface area contributed by atoms with Crippen molar-refractivity contribution >= 4 is 40.7 Å². The van der Waals surface area contributed by atoms with Crippen molar-refractivity contribution in [3.8, 4) is 0 Å². The molecule has 29 heavy (non-hydrogen) atoms. The Labute approximate surface area is 169 Å². The van der Waals surface area contributed by atoms with E-state index in [9.17, 15) is 19.2 Å². The van der Waals surface area contributed by atoms with Gasteiger partial charge < -0.3 is 9.74 Å². The van der Waals surface area contributed by atoms with Crippen LogP contribution in [0, 0.1) is 0 Å². The van der Waals surface area contributed by atoms with Crippen LogP contribution in [0.4, 0.5) is 5.69 Å². The van der Waals surface area contributed by atoms with Crippen molar-refractivity contribution in [2.75, 3.05) is 11.9 Å². The quantitative estimate of drug-likeness (QED) is 0.620. The maximum Gasteiger partial charge on any atom is 0.366 e. The second-order valence-corrected chi connectivity index (χ2v) is 7.14. The van der Waals surface area contributed by atoms with Crippen LogP contribution in [-0.4, -0.2) is 35.8 Å². The fourth-order valence-electron chi connectivity index (χ4n) is 3.00. The highest BCUT2D eigenvalue weighted by atomic mass is 32.1. The zero-order valence-electron chi connectivity index (χ0n) is 15.2.